The molecule has 2 aliphatic rings. The van der Waals surface area contributed by atoms with Crippen LogP contribution in [0.4, 0.5) is 0 Å². The topological polar surface area (TPSA) is 231 Å². The molecule has 0 spiro atoms. The second-order valence-electron chi connectivity index (χ2n) is 17.6. The van der Waals surface area contributed by atoms with Gasteiger partial charge in [-0.3, -0.25) is 9.59 Å². The normalized spacial score (nSPS) is 26.8. The Bertz CT molecular complexity index is 1220. The van der Waals surface area contributed by atoms with Gasteiger partial charge >= 0.3 is 11.9 Å². The summed E-state index contributed by atoms with van der Waals surface area (Å²) in [5.41, 5.74) is 0. The Labute approximate surface area is 383 Å². The van der Waals surface area contributed by atoms with Gasteiger partial charge in [-0.1, -0.05) is 147 Å². The van der Waals surface area contributed by atoms with Crippen LogP contribution < -0.4 is 0 Å². The van der Waals surface area contributed by atoms with Crippen molar-refractivity contribution in [3.8, 4) is 0 Å². The van der Waals surface area contributed by atoms with Crippen LogP contribution >= 0.6 is 0 Å². The Hall–Kier alpha value is -2.02. The van der Waals surface area contributed by atoms with Crippen LogP contribution in [0.2, 0.25) is 0 Å². The number of rotatable bonds is 38. The highest BCUT2D eigenvalue weighted by molar-refractivity contribution is 5.70. The number of carbonyl (C=O) groups is 2. The van der Waals surface area contributed by atoms with Gasteiger partial charge in [0, 0.05) is 12.8 Å². The van der Waals surface area contributed by atoms with Gasteiger partial charge in [0.15, 0.2) is 18.7 Å². The minimum Gasteiger partial charge on any atom is -0.462 e. The first kappa shape index (κ1) is 58.1. The van der Waals surface area contributed by atoms with E-state index in [0.717, 1.165) is 64.2 Å². The number of ether oxygens (including phenoxy) is 6. The van der Waals surface area contributed by atoms with E-state index < -0.39 is 92.7 Å². The first-order valence-electron chi connectivity index (χ1n) is 24.9. The first-order chi connectivity index (χ1) is 31.0. The van der Waals surface area contributed by atoms with Crippen molar-refractivity contribution >= 4 is 11.9 Å². The summed E-state index contributed by atoms with van der Waals surface area (Å²) in [7, 11) is 0. The summed E-state index contributed by atoms with van der Waals surface area (Å²) in [6.45, 7) is 2.55. The molecule has 7 N–H and O–H groups in total. The number of aliphatic hydroxyl groups excluding tert-OH is 7. The maximum atomic E-state index is 13.0. The van der Waals surface area contributed by atoms with Crippen LogP contribution in [0, 0.1) is 0 Å². The Morgan fingerprint density at radius 3 is 1.48 bits per heavy atom. The van der Waals surface area contributed by atoms with Crippen molar-refractivity contribution in [3.05, 3.63) is 24.3 Å². The number of hydrogen-bond acceptors (Lipinski definition) is 15. The van der Waals surface area contributed by atoms with Gasteiger partial charge in [-0.2, -0.15) is 0 Å². The van der Waals surface area contributed by atoms with E-state index in [0.29, 0.717) is 12.8 Å². The summed E-state index contributed by atoms with van der Waals surface area (Å²) in [4.78, 5) is 25.7. The number of carbonyl (C=O) groups excluding carboxylic acids is 2. The summed E-state index contributed by atoms with van der Waals surface area (Å²) in [5.74, 6) is -0.936. The van der Waals surface area contributed by atoms with Gasteiger partial charge in [0.2, 0.25) is 0 Å². The molecule has 0 aromatic heterocycles. The molecule has 2 heterocycles. The fourth-order valence-corrected chi connectivity index (χ4v) is 7.78. The van der Waals surface area contributed by atoms with Gasteiger partial charge in [0.1, 0.15) is 55.4 Å². The van der Waals surface area contributed by atoms with Crippen LogP contribution in [0.15, 0.2) is 24.3 Å². The third kappa shape index (κ3) is 25.2. The SMILES string of the molecule is CCCCC/C=C\C/C=C\CCCCCCCC(=O)OCC(CO[C@@H]1O[C@H](CO[C@H]2O[C@H](CO)[C@H](O)[C@H](O)[C@H]2O)[C@H](O)[C@H](O)[C@H]1O)OC(=O)CCCCCCCCCCCCCCC. The Morgan fingerprint density at radius 1 is 0.500 bits per heavy atom. The van der Waals surface area contributed by atoms with Crippen LogP contribution in [0.3, 0.4) is 0 Å². The van der Waals surface area contributed by atoms with Crippen LogP contribution in [0.5, 0.6) is 0 Å². The van der Waals surface area contributed by atoms with E-state index in [-0.39, 0.29) is 26.1 Å². The summed E-state index contributed by atoms with van der Waals surface area (Å²) >= 11 is 0. The molecule has 0 aromatic rings. The lowest BCUT2D eigenvalue weighted by Crippen LogP contribution is -2.61. The molecular formula is C49H88O15. The third-order valence-corrected chi connectivity index (χ3v) is 11.9. The number of aliphatic hydroxyl groups is 7. The molecule has 15 nitrogen and oxygen atoms in total. The largest absolute Gasteiger partial charge is 0.462 e. The molecule has 0 aromatic carbocycles. The molecule has 15 heteroatoms. The average Bonchev–Trinajstić information content (AvgIpc) is 3.29. The van der Waals surface area contributed by atoms with Crippen molar-refractivity contribution in [3.63, 3.8) is 0 Å². The predicted octanol–water partition coefficient (Wildman–Crippen LogP) is 6.38. The molecule has 0 bridgehead atoms. The average molecular weight is 917 g/mol. The lowest BCUT2D eigenvalue weighted by atomic mass is 9.98. The number of esters is 2. The van der Waals surface area contributed by atoms with E-state index >= 15 is 0 Å². The molecule has 0 aliphatic carbocycles. The van der Waals surface area contributed by atoms with E-state index in [4.69, 9.17) is 28.4 Å². The monoisotopic (exact) mass is 917 g/mol. The number of allylic oxidation sites excluding steroid dienone is 4. The van der Waals surface area contributed by atoms with E-state index in [2.05, 4.69) is 38.2 Å². The molecule has 2 rings (SSSR count). The smallest absolute Gasteiger partial charge is 0.306 e. The maximum absolute atomic E-state index is 13.0. The van der Waals surface area contributed by atoms with Crippen molar-refractivity contribution in [2.75, 3.05) is 26.4 Å². The molecule has 0 amide bonds. The fraction of sp³-hybridized carbons (Fsp3) is 0.878. The Balaban J connectivity index is 1.83. The Kier molecular flexibility index (Phi) is 33.6. The van der Waals surface area contributed by atoms with Crippen molar-refractivity contribution < 1.29 is 73.8 Å². The maximum Gasteiger partial charge on any atom is 0.306 e. The minimum absolute atomic E-state index is 0.166. The fourth-order valence-electron chi connectivity index (χ4n) is 7.78. The van der Waals surface area contributed by atoms with Gasteiger partial charge in [0.05, 0.1) is 19.8 Å². The quantitative estimate of drug-likeness (QED) is 0.0203. The standard InChI is InChI=1S/C49H88O15/c1-3-5-7-9-11-13-15-17-18-20-21-23-25-27-29-31-40(51)59-34-37(62-41(52)32-30-28-26-24-22-19-16-14-12-10-8-6-4-2)35-60-48-47(58)45(56)43(54)39(64-48)36-61-49-46(57)44(55)42(53)38(33-50)63-49/h11,13,17-18,37-39,42-50,53-58H,3-10,12,14-16,19-36H2,1-2H3/b13-11-,18-17-/t37?,38-,39-,42+,43+,44+,45+,46-,47-,48-,49+/m1/s1. The minimum atomic E-state index is -1.76. The summed E-state index contributed by atoms with van der Waals surface area (Å²) in [6, 6.07) is 0. The van der Waals surface area contributed by atoms with Gasteiger partial charge in [-0.25, -0.2) is 0 Å². The van der Waals surface area contributed by atoms with Crippen LogP contribution in [-0.4, -0.2) is 142 Å². The summed E-state index contributed by atoms with van der Waals surface area (Å²) < 4.78 is 33.5. The highest BCUT2D eigenvalue weighted by Crippen LogP contribution is 2.26. The van der Waals surface area contributed by atoms with Crippen LogP contribution in [0.25, 0.3) is 0 Å². The molecule has 1 unspecified atom stereocenters. The lowest BCUT2D eigenvalue weighted by Gasteiger charge is -2.42. The zero-order valence-electron chi connectivity index (χ0n) is 39.3. The zero-order chi connectivity index (χ0) is 46.8. The number of hydrogen-bond donors (Lipinski definition) is 7. The summed E-state index contributed by atoms with van der Waals surface area (Å²) in [6.07, 6.45) is 19.2. The lowest BCUT2D eigenvalue weighted by molar-refractivity contribution is -0.332. The van der Waals surface area contributed by atoms with Crippen molar-refractivity contribution in [2.45, 2.75) is 248 Å². The second-order valence-corrected chi connectivity index (χ2v) is 17.6. The number of unbranched alkanes of at least 4 members (excludes halogenated alkanes) is 20. The third-order valence-electron chi connectivity index (χ3n) is 11.9. The van der Waals surface area contributed by atoms with Gasteiger partial charge < -0.3 is 64.2 Å². The van der Waals surface area contributed by atoms with Crippen molar-refractivity contribution in [1.82, 2.24) is 0 Å². The molecule has 64 heavy (non-hydrogen) atoms. The van der Waals surface area contributed by atoms with Crippen molar-refractivity contribution in [1.29, 1.82) is 0 Å². The molecule has 2 fully saturated rings. The van der Waals surface area contributed by atoms with Crippen LogP contribution in [-0.2, 0) is 38.0 Å². The van der Waals surface area contributed by atoms with E-state index in [1.165, 1.54) is 77.0 Å². The highest BCUT2D eigenvalue weighted by Gasteiger charge is 2.47. The van der Waals surface area contributed by atoms with E-state index in [1.807, 2.05) is 0 Å². The zero-order valence-corrected chi connectivity index (χ0v) is 39.3. The first-order valence-corrected chi connectivity index (χ1v) is 24.9. The molecule has 0 radical (unpaired) electrons. The van der Waals surface area contributed by atoms with Gasteiger partial charge in [-0.15, -0.1) is 0 Å². The second kappa shape index (κ2) is 37.0. The molecule has 374 valence electrons. The summed E-state index contributed by atoms with van der Waals surface area (Å²) in [5, 5.41) is 72.0. The molecule has 11 atom stereocenters. The molecule has 0 saturated carbocycles. The predicted molar refractivity (Wildman–Crippen MR) is 243 cm³/mol. The van der Waals surface area contributed by atoms with Crippen LogP contribution in [0.1, 0.15) is 181 Å². The van der Waals surface area contributed by atoms with Gasteiger partial charge in [0.25, 0.3) is 0 Å². The van der Waals surface area contributed by atoms with Gasteiger partial charge in [-0.05, 0) is 44.9 Å². The Morgan fingerprint density at radius 2 is 0.938 bits per heavy atom. The highest BCUT2D eigenvalue weighted by atomic mass is 16.7. The molecular weight excluding hydrogens is 829 g/mol. The van der Waals surface area contributed by atoms with E-state index in [9.17, 15) is 45.3 Å². The van der Waals surface area contributed by atoms with Crippen molar-refractivity contribution in [2.24, 2.45) is 0 Å². The molecule has 2 aliphatic heterocycles. The van der Waals surface area contributed by atoms with E-state index in [1.54, 1.807) is 0 Å². The molecule has 2 saturated heterocycles.